The Kier molecular flexibility index (Phi) is 44.4. The first kappa shape index (κ1) is 61.0. The second-order valence-electron chi connectivity index (χ2n) is 19.6. The van der Waals surface area contributed by atoms with Gasteiger partial charge in [-0.1, -0.05) is 231 Å². The molecule has 9 heteroatoms. The number of carbonyl (C=O) groups excluding carboxylic acids is 1. The van der Waals surface area contributed by atoms with Crippen molar-refractivity contribution in [3.05, 3.63) is 24.3 Å². The number of phosphoric ester groups is 1. The van der Waals surface area contributed by atoms with E-state index in [2.05, 4.69) is 43.5 Å². The Morgan fingerprint density at radius 3 is 1.32 bits per heavy atom. The Hall–Kier alpha value is -1.02. The summed E-state index contributed by atoms with van der Waals surface area (Å²) in [4.78, 5) is 22.9. The predicted molar refractivity (Wildman–Crippen MR) is 268 cm³/mol. The first-order valence-corrected chi connectivity index (χ1v) is 28.2. The number of allylic oxidation sites excluding steroid dienone is 4. The van der Waals surface area contributed by atoms with E-state index in [1.165, 1.54) is 186 Å². The van der Waals surface area contributed by atoms with Crippen LogP contribution >= 0.6 is 7.82 Å². The van der Waals surface area contributed by atoms with Crippen LogP contribution < -0.4 is 5.32 Å². The standard InChI is InChI=1S/C53H105N2O6P/c1-6-8-10-11-12-13-14-15-16-17-18-19-20-21-22-23-24-25-26-27-28-29-30-31-32-33-34-35-36-37-38-39-40-41-42-43-45-47-53(57)54-51(52(56)46-44-9-7-2)50-61-62(58,59)60-49-48-55(3,4)5/h14-15,17-18,51-52,56H,6-13,16,19-50H2,1-5H3,(H-,54,57,58,59)/p+1/b15-14-,18-17-. The summed E-state index contributed by atoms with van der Waals surface area (Å²) in [5.41, 5.74) is 0. The molecule has 3 N–H and O–H groups in total. The molecule has 0 aromatic rings. The fourth-order valence-electron chi connectivity index (χ4n) is 7.96. The van der Waals surface area contributed by atoms with Crippen LogP contribution in [-0.4, -0.2) is 73.4 Å². The number of aliphatic hydroxyl groups is 1. The number of likely N-dealkylation sites (N-methyl/N-ethyl adjacent to an activating group) is 1. The molecule has 0 bridgehead atoms. The number of rotatable bonds is 49. The number of unbranched alkanes of at least 4 members (excludes halogenated alkanes) is 32. The van der Waals surface area contributed by atoms with Crippen LogP contribution in [0.15, 0.2) is 24.3 Å². The highest BCUT2D eigenvalue weighted by Crippen LogP contribution is 2.43. The average Bonchev–Trinajstić information content (AvgIpc) is 3.23. The minimum absolute atomic E-state index is 0.0751. The van der Waals surface area contributed by atoms with Crippen molar-refractivity contribution >= 4 is 13.7 Å². The second-order valence-corrected chi connectivity index (χ2v) is 21.1. The summed E-state index contributed by atoms with van der Waals surface area (Å²) in [6, 6.07) is -0.752. The molecule has 368 valence electrons. The van der Waals surface area contributed by atoms with Crippen LogP contribution in [0, 0.1) is 0 Å². The number of amides is 1. The van der Waals surface area contributed by atoms with Gasteiger partial charge in [-0.2, -0.15) is 0 Å². The molecule has 1 amide bonds. The smallest absolute Gasteiger partial charge is 0.391 e. The van der Waals surface area contributed by atoms with E-state index in [9.17, 15) is 19.4 Å². The van der Waals surface area contributed by atoms with Crippen molar-refractivity contribution < 1.29 is 32.9 Å². The zero-order chi connectivity index (χ0) is 45.7. The number of hydrogen-bond acceptors (Lipinski definition) is 5. The molecule has 0 aliphatic carbocycles. The molecular weight excluding hydrogens is 792 g/mol. The van der Waals surface area contributed by atoms with Crippen molar-refractivity contribution in [2.75, 3.05) is 40.9 Å². The zero-order valence-corrected chi connectivity index (χ0v) is 42.8. The summed E-state index contributed by atoms with van der Waals surface area (Å²) < 4.78 is 23.3. The Bertz CT molecular complexity index is 1060. The number of carbonyl (C=O) groups is 1. The third-order valence-electron chi connectivity index (χ3n) is 12.2. The van der Waals surface area contributed by atoms with Gasteiger partial charge < -0.3 is 19.8 Å². The summed E-state index contributed by atoms with van der Waals surface area (Å²) >= 11 is 0. The van der Waals surface area contributed by atoms with E-state index in [-0.39, 0.29) is 19.1 Å². The Labute approximate surface area is 385 Å². The van der Waals surface area contributed by atoms with Gasteiger partial charge in [-0.05, 0) is 44.9 Å². The number of phosphoric acid groups is 1. The van der Waals surface area contributed by atoms with Crippen molar-refractivity contribution in [3.63, 3.8) is 0 Å². The predicted octanol–water partition coefficient (Wildman–Crippen LogP) is 15.6. The van der Waals surface area contributed by atoms with Crippen molar-refractivity contribution in [1.29, 1.82) is 0 Å². The Morgan fingerprint density at radius 2 is 0.919 bits per heavy atom. The zero-order valence-electron chi connectivity index (χ0n) is 41.9. The first-order chi connectivity index (χ1) is 30.0. The highest BCUT2D eigenvalue weighted by atomic mass is 31.2. The minimum Gasteiger partial charge on any atom is -0.391 e. The van der Waals surface area contributed by atoms with E-state index in [0.717, 1.165) is 44.9 Å². The number of aliphatic hydroxyl groups excluding tert-OH is 1. The summed E-state index contributed by atoms with van der Waals surface area (Å²) in [6.45, 7) is 4.73. The third-order valence-corrected chi connectivity index (χ3v) is 13.2. The van der Waals surface area contributed by atoms with E-state index in [0.29, 0.717) is 23.9 Å². The van der Waals surface area contributed by atoms with Crippen molar-refractivity contribution in [2.45, 2.75) is 270 Å². The maximum atomic E-state index is 12.7. The van der Waals surface area contributed by atoms with Crippen molar-refractivity contribution in [3.8, 4) is 0 Å². The van der Waals surface area contributed by atoms with Gasteiger partial charge in [0.2, 0.25) is 5.91 Å². The Balaban J connectivity index is 3.61. The molecule has 62 heavy (non-hydrogen) atoms. The SMILES string of the molecule is CCCCCCC/C=C\C/C=C\CCCCCCCCCCCCCCCCCCCCCCCCCCCC(=O)NC(COP(=O)(O)OCC[N+](C)(C)C)C(O)CCCCC. The van der Waals surface area contributed by atoms with Crippen LogP contribution in [0.25, 0.3) is 0 Å². The van der Waals surface area contributed by atoms with Gasteiger partial charge in [-0.25, -0.2) is 4.57 Å². The highest BCUT2D eigenvalue weighted by Gasteiger charge is 2.28. The van der Waals surface area contributed by atoms with Gasteiger partial charge in [0.25, 0.3) is 0 Å². The molecular formula is C53H106N2O6P+. The third kappa shape index (κ3) is 47.0. The van der Waals surface area contributed by atoms with Crippen LogP contribution in [0.5, 0.6) is 0 Å². The van der Waals surface area contributed by atoms with Gasteiger partial charge in [0, 0.05) is 6.42 Å². The number of hydrogen-bond donors (Lipinski definition) is 3. The molecule has 0 radical (unpaired) electrons. The topological polar surface area (TPSA) is 105 Å². The minimum atomic E-state index is -4.29. The maximum absolute atomic E-state index is 12.7. The second kappa shape index (κ2) is 45.1. The molecule has 0 saturated heterocycles. The largest absolute Gasteiger partial charge is 0.472 e. The first-order valence-electron chi connectivity index (χ1n) is 26.7. The lowest BCUT2D eigenvalue weighted by Gasteiger charge is -2.26. The summed E-state index contributed by atoms with van der Waals surface area (Å²) in [5.74, 6) is -0.152. The molecule has 0 rings (SSSR count). The summed E-state index contributed by atoms with van der Waals surface area (Å²) in [7, 11) is 1.62. The fraction of sp³-hybridized carbons (Fsp3) is 0.906. The van der Waals surface area contributed by atoms with Crippen LogP contribution in [0.4, 0.5) is 0 Å². The van der Waals surface area contributed by atoms with Gasteiger partial charge in [-0.3, -0.25) is 13.8 Å². The summed E-state index contributed by atoms with van der Waals surface area (Å²) in [6.07, 6.45) is 56.4. The molecule has 8 nitrogen and oxygen atoms in total. The summed E-state index contributed by atoms with van der Waals surface area (Å²) in [5, 5.41) is 13.6. The van der Waals surface area contributed by atoms with Gasteiger partial charge >= 0.3 is 7.82 Å². The lowest BCUT2D eigenvalue weighted by atomic mass is 10.0. The van der Waals surface area contributed by atoms with Crippen LogP contribution in [0.2, 0.25) is 0 Å². The number of nitrogens with zero attached hydrogens (tertiary/aromatic N) is 1. The lowest BCUT2D eigenvalue weighted by Crippen LogP contribution is -2.46. The highest BCUT2D eigenvalue weighted by molar-refractivity contribution is 7.47. The normalized spacial score (nSPS) is 14.2. The molecule has 0 saturated carbocycles. The maximum Gasteiger partial charge on any atom is 0.472 e. The monoisotopic (exact) mass is 898 g/mol. The number of quaternary nitrogens is 1. The molecule has 0 aromatic heterocycles. The fourth-order valence-corrected chi connectivity index (χ4v) is 8.70. The van der Waals surface area contributed by atoms with E-state index < -0.39 is 20.0 Å². The van der Waals surface area contributed by atoms with E-state index in [1.807, 2.05) is 21.1 Å². The van der Waals surface area contributed by atoms with Crippen LogP contribution in [0.3, 0.4) is 0 Å². The van der Waals surface area contributed by atoms with E-state index in [1.54, 1.807) is 0 Å². The van der Waals surface area contributed by atoms with Gasteiger partial charge in [0.05, 0.1) is 39.9 Å². The van der Waals surface area contributed by atoms with Crippen LogP contribution in [-0.2, 0) is 18.4 Å². The van der Waals surface area contributed by atoms with E-state index in [4.69, 9.17) is 9.05 Å². The quantitative estimate of drug-likeness (QED) is 0.0243. The molecule has 0 aromatic carbocycles. The molecule has 0 fully saturated rings. The average molecular weight is 898 g/mol. The van der Waals surface area contributed by atoms with Crippen LogP contribution in [0.1, 0.15) is 258 Å². The molecule has 0 spiro atoms. The molecule has 3 unspecified atom stereocenters. The molecule has 0 aliphatic rings. The van der Waals surface area contributed by atoms with Gasteiger partial charge in [0.1, 0.15) is 13.2 Å². The lowest BCUT2D eigenvalue weighted by molar-refractivity contribution is -0.870. The molecule has 0 heterocycles. The van der Waals surface area contributed by atoms with Crippen molar-refractivity contribution in [2.24, 2.45) is 0 Å². The van der Waals surface area contributed by atoms with Gasteiger partial charge in [-0.15, -0.1) is 0 Å². The Morgan fingerprint density at radius 1 is 0.548 bits per heavy atom. The molecule has 3 atom stereocenters. The molecule has 0 aliphatic heterocycles. The van der Waals surface area contributed by atoms with Gasteiger partial charge in [0.15, 0.2) is 0 Å². The number of nitrogens with one attached hydrogen (secondary N) is 1. The van der Waals surface area contributed by atoms with Crippen molar-refractivity contribution in [1.82, 2.24) is 5.32 Å². The van der Waals surface area contributed by atoms with E-state index >= 15 is 0 Å².